The molecule has 1 aliphatic rings. The summed E-state index contributed by atoms with van der Waals surface area (Å²) in [5, 5.41) is 0. The number of hydrogen-bond donors (Lipinski definition) is 1. The zero-order valence-electron chi connectivity index (χ0n) is 26.5. The normalized spacial score (nSPS) is 18.2. The van der Waals surface area contributed by atoms with Crippen molar-refractivity contribution < 1.29 is 28.2 Å². The van der Waals surface area contributed by atoms with Crippen LogP contribution in [0.3, 0.4) is 0 Å². The van der Waals surface area contributed by atoms with Crippen LogP contribution in [-0.2, 0) is 23.8 Å². The van der Waals surface area contributed by atoms with E-state index in [9.17, 15) is 23.6 Å². The average Bonchev–Trinajstić information content (AvgIpc) is 3.38. The lowest BCUT2D eigenvalue weighted by molar-refractivity contribution is -0.158. The largest absolute Gasteiger partial charge is 0.463 e. The van der Waals surface area contributed by atoms with Gasteiger partial charge in [0.25, 0.3) is 5.56 Å². The number of nitrogens with one attached hydrogen (secondary N) is 1. The number of rotatable bonds is 24. The van der Waals surface area contributed by atoms with Crippen LogP contribution < -0.4 is 11.2 Å². The lowest BCUT2D eigenvalue weighted by Crippen LogP contribution is -2.34. The van der Waals surface area contributed by atoms with Gasteiger partial charge in [-0.2, -0.15) is 4.39 Å². The molecule has 1 unspecified atom stereocenters. The molecule has 0 aliphatic carbocycles. The van der Waals surface area contributed by atoms with Crippen LogP contribution in [0, 0.1) is 5.82 Å². The second-order valence-corrected chi connectivity index (χ2v) is 11.9. The molecule has 2 heterocycles. The number of carbonyl (C=O) groups is 2. The van der Waals surface area contributed by atoms with E-state index in [2.05, 4.69) is 13.8 Å². The van der Waals surface area contributed by atoms with Crippen molar-refractivity contribution in [2.75, 3.05) is 6.61 Å². The summed E-state index contributed by atoms with van der Waals surface area (Å²) in [6.07, 6.45) is 19.3. The third kappa shape index (κ3) is 15.2. The third-order valence-corrected chi connectivity index (χ3v) is 8.08. The number of esters is 2. The molecule has 1 aliphatic heterocycles. The number of unbranched alkanes of at least 4 members (excludes halogenated alkanes) is 16. The van der Waals surface area contributed by atoms with Crippen molar-refractivity contribution in [2.45, 2.75) is 167 Å². The molecule has 1 aromatic rings. The lowest BCUT2D eigenvalue weighted by Gasteiger charge is -2.19. The number of hydrogen-bond acceptors (Lipinski definition) is 7. The standard InChI is InChI=1S/C33H55FN2O7/c1-3-5-7-9-11-13-15-17-19-21-30(37)41-25-28-27(23-29(42-28)36-24-26(34)32(39)35-33(36)40)43-31(38)22-20-18-16-14-12-10-8-6-4-2/h24,27-29H,3-23,25H2,1-2H3,(H,35,39,40)/t27?,28-,29-/m0/s1. The van der Waals surface area contributed by atoms with Gasteiger partial charge in [0.1, 0.15) is 25.0 Å². The Morgan fingerprint density at radius 1 is 0.814 bits per heavy atom. The summed E-state index contributed by atoms with van der Waals surface area (Å²) < 4.78 is 31.9. The van der Waals surface area contributed by atoms with Crippen LogP contribution >= 0.6 is 0 Å². The topological polar surface area (TPSA) is 117 Å². The molecule has 1 fully saturated rings. The maximum Gasteiger partial charge on any atom is 0.330 e. The van der Waals surface area contributed by atoms with Gasteiger partial charge in [-0.1, -0.05) is 117 Å². The van der Waals surface area contributed by atoms with E-state index in [0.29, 0.717) is 12.8 Å². The third-order valence-electron chi connectivity index (χ3n) is 8.08. The van der Waals surface area contributed by atoms with Crippen LogP contribution in [-0.4, -0.2) is 40.3 Å². The first kappa shape index (κ1) is 36.7. The average molecular weight is 611 g/mol. The minimum Gasteiger partial charge on any atom is -0.463 e. The highest BCUT2D eigenvalue weighted by Gasteiger charge is 2.40. The predicted octanol–water partition coefficient (Wildman–Crippen LogP) is 7.26. The minimum absolute atomic E-state index is 0.0648. The van der Waals surface area contributed by atoms with Crippen LogP contribution in [0.15, 0.2) is 15.8 Å². The van der Waals surface area contributed by atoms with E-state index in [1.54, 1.807) is 0 Å². The van der Waals surface area contributed by atoms with Crippen molar-refractivity contribution in [3.05, 3.63) is 32.9 Å². The minimum atomic E-state index is -1.13. The Morgan fingerprint density at radius 2 is 1.30 bits per heavy atom. The van der Waals surface area contributed by atoms with Gasteiger partial charge in [0.2, 0.25) is 5.82 Å². The van der Waals surface area contributed by atoms with Crippen LogP contribution in [0.2, 0.25) is 0 Å². The van der Waals surface area contributed by atoms with Crippen LogP contribution in [0.5, 0.6) is 0 Å². The maximum absolute atomic E-state index is 13.9. The van der Waals surface area contributed by atoms with Gasteiger partial charge >= 0.3 is 17.6 Å². The van der Waals surface area contributed by atoms with E-state index in [1.807, 2.05) is 4.98 Å². The van der Waals surface area contributed by atoms with E-state index < -0.39 is 35.5 Å². The monoisotopic (exact) mass is 610 g/mol. The van der Waals surface area contributed by atoms with Crippen molar-refractivity contribution in [1.82, 2.24) is 9.55 Å². The van der Waals surface area contributed by atoms with Crippen molar-refractivity contribution in [2.24, 2.45) is 0 Å². The molecule has 1 N–H and O–H groups in total. The smallest absolute Gasteiger partial charge is 0.330 e. The predicted molar refractivity (Wildman–Crippen MR) is 164 cm³/mol. The van der Waals surface area contributed by atoms with Gasteiger partial charge in [-0.25, -0.2) is 4.79 Å². The van der Waals surface area contributed by atoms with E-state index in [-0.39, 0.29) is 31.4 Å². The number of ether oxygens (including phenoxy) is 3. The molecule has 0 aromatic carbocycles. The van der Waals surface area contributed by atoms with Crippen molar-refractivity contribution in [1.29, 1.82) is 0 Å². The molecule has 9 nitrogen and oxygen atoms in total. The van der Waals surface area contributed by atoms with E-state index in [4.69, 9.17) is 14.2 Å². The molecule has 0 saturated carbocycles. The summed E-state index contributed by atoms with van der Waals surface area (Å²) in [5.41, 5.74) is -1.95. The van der Waals surface area contributed by atoms with Crippen molar-refractivity contribution in [3.63, 3.8) is 0 Å². The highest BCUT2D eigenvalue weighted by atomic mass is 19.1. The SMILES string of the molecule is CCCCCCCCCCCC(=O)OC[C@@H]1O[C@H](n2cc(F)c(=O)[nH]c2=O)CC1OC(=O)CCCCCCCCCCC. The van der Waals surface area contributed by atoms with E-state index >= 15 is 0 Å². The summed E-state index contributed by atoms with van der Waals surface area (Å²) in [6, 6.07) is 0. The molecule has 43 heavy (non-hydrogen) atoms. The summed E-state index contributed by atoms with van der Waals surface area (Å²) in [4.78, 5) is 50.7. The van der Waals surface area contributed by atoms with Gasteiger partial charge in [-0.3, -0.25) is 23.9 Å². The molecule has 3 atom stereocenters. The zero-order valence-corrected chi connectivity index (χ0v) is 26.5. The number of aromatic nitrogens is 2. The first-order valence-electron chi connectivity index (χ1n) is 16.9. The van der Waals surface area contributed by atoms with Gasteiger partial charge in [-0.05, 0) is 12.8 Å². The Balaban J connectivity index is 1.80. The molecule has 246 valence electrons. The van der Waals surface area contributed by atoms with Crippen molar-refractivity contribution in [3.8, 4) is 0 Å². The Bertz CT molecular complexity index is 1040. The number of nitrogens with zero attached hydrogens (tertiary/aromatic N) is 1. The summed E-state index contributed by atoms with van der Waals surface area (Å²) in [7, 11) is 0. The van der Waals surface area contributed by atoms with Gasteiger partial charge in [-0.15, -0.1) is 0 Å². The summed E-state index contributed by atoms with van der Waals surface area (Å²) in [5.74, 6) is -1.87. The number of halogens is 1. The summed E-state index contributed by atoms with van der Waals surface area (Å²) >= 11 is 0. The molecule has 1 aromatic heterocycles. The van der Waals surface area contributed by atoms with Gasteiger partial charge < -0.3 is 14.2 Å². The number of H-pyrrole nitrogens is 1. The van der Waals surface area contributed by atoms with Gasteiger partial charge in [0.05, 0.1) is 6.20 Å². The van der Waals surface area contributed by atoms with Crippen LogP contribution in [0.4, 0.5) is 4.39 Å². The Morgan fingerprint density at radius 3 is 1.84 bits per heavy atom. The van der Waals surface area contributed by atoms with Crippen molar-refractivity contribution >= 4 is 11.9 Å². The molecule has 10 heteroatoms. The second kappa shape index (κ2) is 22.1. The molecular weight excluding hydrogens is 555 g/mol. The fourth-order valence-corrected chi connectivity index (χ4v) is 5.45. The van der Waals surface area contributed by atoms with E-state index in [1.165, 1.54) is 70.6 Å². The van der Waals surface area contributed by atoms with Crippen LogP contribution in [0.1, 0.15) is 155 Å². The fraction of sp³-hybridized carbons (Fsp3) is 0.818. The fourth-order valence-electron chi connectivity index (χ4n) is 5.45. The Labute approximate surface area is 256 Å². The Kier molecular flexibility index (Phi) is 18.8. The zero-order chi connectivity index (χ0) is 31.3. The van der Waals surface area contributed by atoms with Crippen LogP contribution in [0.25, 0.3) is 0 Å². The second-order valence-electron chi connectivity index (χ2n) is 11.9. The molecule has 0 radical (unpaired) electrons. The molecular formula is C33H55FN2O7. The molecule has 0 spiro atoms. The highest BCUT2D eigenvalue weighted by Crippen LogP contribution is 2.31. The first-order chi connectivity index (χ1) is 20.8. The Hall–Kier alpha value is -2.49. The number of carbonyl (C=O) groups excluding carboxylic acids is 2. The van der Waals surface area contributed by atoms with E-state index in [0.717, 1.165) is 49.3 Å². The molecule has 1 saturated heterocycles. The summed E-state index contributed by atoms with van der Waals surface area (Å²) in [6.45, 7) is 4.26. The van der Waals surface area contributed by atoms with Gasteiger partial charge in [0.15, 0.2) is 0 Å². The first-order valence-corrected chi connectivity index (χ1v) is 16.9. The lowest BCUT2D eigenvalue weighted by atomic mass is 10.1. The quantitative estimate of drug-likeness (QED) is 0.0967. The van der Waals surface area contributed by atoms with Gasteiger partial charge in [0, 0.05) is 19.3 Å². The highest BCUT2D eigenvalue weighted by molar-refractivity contribution is 5.70. The molecule has 0 amide bonds. The maximum atomic E-state index is 13.9. The number of aromatic amines is 1. The molecule has 2 rings (SSSR count). The molecule has 0 bridgehead atoms.